The van der Waals surface area contributed by atoms with E-state index in [1.165, 1.54) is 12.1 Å². The summed E-state index contributed by atoms with van der Waals surface area (Å²) in [5.74, 6) is 0.858. The van der Waals surface area contributed by atoms with Crippen LogP contribution in [0.5, 0.6) is 11.5 Å². The maximum atomic E-state index is 12.3. The van der Waals surface area contributed by atoms with Crippen molar-refractivity contribution in [2.24, 2.45) is 0 Å². The number of sulfonamides is 1. The molecule has 9 heteroatoms. The van der Waals surface area contributed by atoms with Crippen LogP contribution in [0.3, 0.4) is 0 Å². The second-order valence-electron chi connectivity index (χ2n) is 4.74. The molecule has 1 aliphatic heterocycles. The molecule has 22 heavy (non-hydrogen) atoms. The Hall–Kier alpha value is -0.730. The largest absolute Gasteiger partial charge is 0.486 e. The van der Waals surface area contributed by atoms with Crippen LogP contribution in [0.1, 0.15) is 13.8 Å². The van der Waals surface area contributed by atoms with Crippen molar-refractivity contribution >= 4 is 34.0 Å². The van der Waals surface area contributed by atoms with Gasteiger partial charge in [-0.2, -0.15) is 0 Å². The Kier molecular flexibility index (Phi) is 7.21. The molecule has 1 aromatic carbocycles. The molecule has 0 aromatic heterocycles. The van der Waals surface area contributed by atoms with Gasteiger partial charge in [-0.05, 0) is 13.5 Å². The maximum absolute atomic E-state index is 12.3. The first kappa shape index (κ1) is 19.3. The van der Waals surface area contributed by atoms with Gasteiger partial charge in [-0.15, -0.1) is 12.4 Å². The number of likely N-dealkylation sites (N-methyl/N-ethyl adjacent to an activating group) is 1. The number of hydrogen-bond donors (Lipinski definition) is 2. The standard InChI is InChI=1S/C13H19ClN2O4S.ClH/c1-3-15-9(2)8-16-21(17,18)13-7-12-11(6-10(13)14)19-4-5-20-12;/h6-7,9,15-16H,3-5,8H2,1-2H3;1H/t9-;/m1./s1. The van der Waals surface area contributed by atoms with E-state index in [9.17, 15) is 8.42 Å². The smallest absolute Gasteiger partial charge is 0.242 e. The van der Waals surface area contributed by atoms with Crippen molar-refractivity contribution in [3.63, 3.8) is 0 Å². The summed E-state index contributed by atoms with van der Waals surface area (Å²) in [4.78, 5) is -0.00267. The average Bonchev–Trinajstić information content (AvgIpc) is 2.45. The second-order valence-corrected chi connectivity index (χ2v) is 6.88. The molecule has 6 nitrogen and oxygen atoms in total. The van der Waals surface area contributed by atoms with Gasteiger partial charge in [-0.25, -0.2) is 13.1 Å². The van der Waals surface area contributed by atoms with Gasteiger partial charge in [0.05, 0.1) is 5.02 Å². The van der Waals surface area contributed by atoms with Gasteiger partial charge in [0.1, 0.15) is 18.1 Å². The molecule has 0 radical (unpaired) electrons. The Bertz CT molecular complexity index is 610. The fourth-order valence-electron chi connectivity index (χ4n) is 1.98. The Morgan fingerprint density at radius 1 is 1.27 bits per heavy atom. The number of hydrogen-bond acceptors (Lipinski definition) is 5. The van der Waals surface area contributed by atoms with Crippen LogP contribution in [0.25, 0.3) is 0 Å². The first-order chi connectivity index (χ1) is 9.94. The highest BCUT2D eigenvalue weighted by Gasteiger charge is 2.23. The van der Waals surface area contributed by atoms with E-state index in [0.717, 1.165) is 6.54 Å². The summed E-state index contributed by atoms with van der Waals surface area (Å²) < 4.78 is 37.9. The van der Waals surface area contributed by atoms with Crippen LogP contribution in [0.4, 0.5) is 0 Å². The number of halogens is 2. The normalized spacial score (nSPS) is 15.0. The lowest BCUT2D eigenvalue weighted by molar-refractivity contribution is 0.171. The highest BCUT2D eigenvalue weighted by atomic mass is 35.5. The third kappa shape index (κ3) is 4.63. The highest BCUT2D eigenvalue weighted by Crippen LogP contribution is 2.37. The summed E-state index contributed by atoms with van der Waals surface area (Å²) in [6, 6.07) is 2.90. The van der Waals surface area contributed by atoms with E-state index < -0.39 is 10.0 Å². The molecule has 0 unspecified atom stereocenters. The molecule has 0 saturated heterocycles. The van der Waals surface area contributed by atoms with Crippen molar-refractivity contribution < 1.29 is 17.9 Å². The van der Waals surface area contributed by atoms with E-state index in [1.807, 2.05) is 13.8 Å². The monoisotopic (exact) mass is 370 g/mol. The predicted octanol–water partition coefficient (Wildman–Crippen LogP) is 1.81. The molecule has 0 aliphatic carbocycles. The first-order valence-electron chi connectivity index (χ1n) is 6.76. The van der Waals surface area contributed by atoms with E-state index in [2.05, 4.69) is 10.0 Å². The van der Waals surface area contributed by atoms with Gasteiger partial charge in [-0.1, -0.05) is 18.5 Å². The molecule has 126 valence electrons. The van der Waals surface area contributed by atoms with Gasteiger partial charge in [-0.3, -0.25) is 0 Å². The minimum Gasteiger partial charge on any atom is -0.486 e. The zero-order valence-corrected chi connectivity index (χ0v) is 14.8. The lowest BCUT2D eigenvalue weighted by atomic mass is 10.3. The van der Waals surface area contributed by atoms with Crippen LogP contribution in [0.15, 0.2) is 17.0 Å². The third-order valence-corrected chi connectivity index (χ3v) is 4.91. The minimum atomic E-state index is -3.70. The molecule has 0 saturated carbocycles. The van der Waals surface area contributed by atoms with Crippen LogP contribution < -0.4 is 19.5 Å². The Labute approximate surface area is 142 Å². The van der Waals surface area contributed by atoms with Gasteiger partial charge >= 0.3 is 0 Å². The van der Waals surface area contributed by atoms with Crippen LogP contribution in [-0.2, 0) is 10.0 Å². The lowest BCUT2D eigenvalue weighted by Crippen LogP contribution is -2.38. The summed E-state index contributed by atoms with van der Waals surface area (Å²) in [6.45, 7) is 5.72. The molecule has 0 bridgehead atoms. The van der Waals surface area contributed by atoms with E-state index in [1.54, 1.807) is 0 Å². The quantitative estimate of drug-likeness (QED) is 0.798. The molecule has 0 amide bonds. The summed E-state index contributed by atoms with van der Waals surface area (Å²) in [5, 5.41) is 3.24. The summed E-state index contributed by atoms with van der Waals surface area (Å²) >= 11 is 6.05. The van der Waals surface area contributed by atoms with E-state index >= 15 is 0 Å². The van der Waals surface area contributed by atoms with Gasteiger partial charge in [0, 0.05) is 24.7 Å². The summed E-state index contributed by atoms with van der Waals surface area (Å²) in [5.41, 5.74) is 0. The SMILES string of the molecule is CCN[C@H](C)CNS(=O)(=O)c1cc2c(cc1Cl)OCCO2.Cl. The van der Waals surface area contributed by atoms with E-state index in [-0.39, 0.29) is 34.9 Å². The summed E-state index contributed by atoms with van der Waals surface area (Å²) in [6.07, 6.45) is 0. The zero-order chi connectivity index (χ0) is 15.5. The lowest BCUT2D eigenvalue weighted by Gasteiger charge is -2.20. The molecule has 2 N–H and O–H groups in total. The maximum Gasteiger partial charge on any atom is 0.242 e. The van der Waals surface area contributed by atoms with Crippen LogP contribution >= 0.6 is 24.0 Å². The van der Waals surface area contributed by atoms with E-state index in [4.69, 9.17) is 21.1 Å². The van der Waals surface area contributed by atoms with Gasteiger partial charge < -0.3 is 14.8 Å². The Morgan fingerprint density at radius 3 is 2.45 bits per heavy atom. The third-order valence-electron chi connectivity index (χ3n) is 3.02. The number of rotatable bonds is 6. The fourth-order valence-corrected chi connectivity index (χ4v) is 3.65. The first-order valence-corrected chi connectivity index (χ1v) is 8.62. The number of ether oxygens (including phenoxy) is 2. The number of benzene rings is 1. The molecule has 1 aliphatic rings. The molecular formula is C13H20Cl2N2O4S. The zero-order valence-electron chi connectivity index (χ0n) is 12.4. The van der Waals surface area contributed by atoms with Crippen LogP contribution in [0, 0.1) is 0 Å². The number of nitrogens with one attached hydrogen (secondary N) is 2. The highest BCUT2D eigenvalue weighted by molar-refractivity contribution is 7.89. The van der Waals surface area contributed by atoms with Crippen molar-refractivity contribution in [3.8, 4) is 11.5 Å². The fraction of sp³-hybridized carbons (Fsp3) is 0.538. The molecule has 2 rings (SSSR count). The van der Waals surface area contributed by atoms with Gasteiger partial charge in [0.15, 0.2) is 11.5 Å². The van der Waals surface area contributed by atoms with Crippen molar-refractivity contribution in [2.45, 2.75) is 24.8 Å². The van der Waals surface area contributed by atoms with Crippen molar-refractivity contribution in [2.75, 3.05) is 26.3 Å². The van der Waals surface area contributed by atoms with Crippen LogP contribution in [0.2, 0.25) is 5.02 Å². The van der Waals surface area contributed by atoms with Crippen LogP contribution in [-0.4, -0.2) is 40.8 Å². The Morgan fingerprint density at radius 2 is 1.86 bits per heavy atom. The number of fused-ring (bicyclic) bond motifs is 1. The molecule has 0 spiro atoms. The predicted molar refractivity (Wildman–Crippen MR) is 88.0 cm³/mol. The van der Waals surface area contributed by atoms with E-state index in [0.29, 0.717) is 24.7 Å². The topological polar surface area (TPSA) is 76.7 Å². The minimum absolute atomic E-state index is 0. The Balaban J connectivity index is 0.00000242. The average molecular weight is 371 g/mol. The van der Waals surface area contributed by atoms with Crippen molar-refractivity contribution in [1.82, 2.24) is 10.0 Å². The molecular weight excluding hydrogens is 351 g/mol. The molecule has 1 atom stereocenters. The van der Waals surface area contributed by atoms with Gasteiger partial charge in [0.25, 0.3) is 0 Å². The molecule has 0 fully saturated rings. The van der Waals surface area contributed by atoms with Gasteiger partial charge in [0.2, 0.25) is 10.0 Å². The summed E-state index contributed by atoms with van der Waals surface area (Å²) in [7, 11) is -3.70. The van der Waals surface area contributed by atoms with Crippen molar-refractivity contribution in [1.29, 1.82) is 0 Å². The van der Waals surface area contributed by atoms with Crippen molar-refractivity contribution in [3.05, 3.63) is 17.2 Å². The molecule has 1 heterocycles. The second kappa shape index (κ2) is 8.21. The molecule has 1 aromatic rings.